The van der Waals surface area contributed by atoms with Crippen molar-refractivity contribution in [1.29, 1.82) is 0 Å². The van der Waals surface area contributed by atoms with E-state index in [0.29, 0.717) is 6.61 Å². The van der Waals surface area contributed by atoms with Crippen molar-refractivity contribution < 1.29 is 9.84 Å². The van der Waals surface area contributed by atoms with Crippen LogP contribution in [0.25, 0.3) is 0 Å². The summed E-state index contributed by atoms with van der Waals surface area (Å²) in [5.41, 5.74) is 2.50. The lowest BCUT2D eigenvalue weighted by atomic mass is 10.1. The van der Waals surface area contributed by atoms with E-state index in [4.69, 9.17) is 9.84 Å². The summed E-state index contributed by atoms with van der Waals surface area (Å²) in [5, 5.41) is 8.74. The maximum Gasteiger partial charge on any atom is 0.122 e. The molecule has 2 aromatic heterocycles. The Morgan fingerprint density at radius 2 is 1.90 bits per heavy atom. The molecular formula is C21H35N7O2. The van der Waals surface area contributed by atoms with E-state index >= 15 is 0 Å². The quantitative estimate of drug-likeness (QED) is 0.700. The van der Waals surface area contributed by atoms with Crippen molar-refractivity contribution >= 4 is 0 Å². The maximum absolute atomic E-state index is 8.74. The highest BCUT2D eigenvalue weighted by atomic mass is 16.5. The van der Waals surface area contributed by atoms with Gasteiger partial charge >= 0.3 is 0 Å². The van der Waals surface area contributed by atoms with Gasteiger partial charge < -0.3 is 19.3 Å². The summed E-state index contributed by atoms with van der Waals surface area (Å²) in [5.74, 6) is 1.19. The van der Waals surface area contributed by atoms with Gasteiger partial charge in [-0.05, 0) is 33.1 Å². The molecule has 30 heavy (non-hydrogen) atoms. The molecule has 0 bridgehead atoms. The van der Waals surface area contributed by atoms with Gasteiger partial charge in [0.1, 0.15) is 12.2 Å². The van der Waals surface area contributed by atoms with Gasteiger partial charge in [0.15, 0.2) is 0 Å². The molecule has 0 saturated carbocycles. The molecule has 0 aromatic carbocycles. The fraction of sp³-hybridized carbons (Fsp3) is 0.667. The number of rotatable bonds is 1. The zero-order chi connectivity index (χ0) is 21.3. The topological polar surface area (TPSA) is 82.8 Å². The smallest absolute Gasteiger partial charge is 0.122 e. The van der Waals surface area contributed by atoms with Gasteiger partial charge in [-0.3, -0.25) is 9.80 Å². The van der Waals surface area contributed by atoms with E-state index in [1.807, 2.05) is 25.6 Å². The molecule has 3 aliphatic rings. The van der Waals surface area contributed by atoms with Gasteiger partial charge in [0.2, 0.25) is 0 Å². The molecular weight excluding hydrogens is 382 g/mol. The molecule has 0 spiro atoms. The van der Waals surface area contributed by atoms with Crippen molar-refractivity contribution in [2.75, 3.05) is 60.6 Å². The first-order valence-electron chi connectivity index (χ1n) is 10.6. The van der Waals surface area contributed by atoms with Gasteiger partial charge in [-0.2, -0.15) is 0 Å². The summed E-state index contributed by atoms with van der Waals surface area (Å²) < 4.78 is 7.35. The van der Waals surface area contributed by atoms with E-state index in [0.717, 1.165) is 52.3 Å². The van der Waals surface area contributed by atoms with Gasteiger partial charge in [-0.15, -0.1) is 0 Å². The third kappa shape index (κ3) is 6.55. The highest BCUT2D eigenvalue weighted by molar-refractivity contribution is 5.18. The number of fused-ring (bicyclic) bond motifs is 2. The summed E-state index contributed by atoms with van der Waals surface area (Å²) >= 11 is 0. The molecule has 5 rings (SSSR count). The molecule has 1 atom stereocenters. The Morgan fingerprint density at radius 3 is 2.67 bits per heavy atom. The maximum atomic E-state index is 8.74. The molecule has 0 unspecified atom stereocenters. The minimum absolute atomic E-state index is 0.205. The molecule has 0 aliphatic carbocycles. The zero-order valence-corrected chi connectivity index (χ0v) is 18.4. The lowest BCUT2D eigenvalue weighted by molar-refractivity contribution is -0.0148. The van der Waals surface area contributed by atoms with E-state index < -0.39 is 0 Å². The van der Waals surface area contributed by atoms with Gasteiger partial charge in [-0.1, -0.05) is 0 Å². The average molecular weight is 418 g/mol. The number of hydrogen-bond acceptors (Lipinski definition) is 8. The number of hydrogen-bond donors (Lipinski definition) is 1. The van der Waals surface area contributed by atoms with Gasteiger partial charge in [-0.25, -0.2) is 15.0 Å². The Hall–Kier alpha value is -1.91. The molecule has 1 N–H and O–H groups in total. The van der Waals surface area contributed by atoms with Crippen molar-refractivity contribution in [3.63, 3.8) is 0 Å². The number of aromatic nitrogens is 4. The summed E-state index contributed by atoms with van der Waals surface area (Å²) in [6, 6.07) is 0.221. The highest BCUT2D eigenvalue weighted by Gasteiger charge is 2.17. The van der Waals surface area contributed by atoms with Crippen molar-refractivity contribution in [2.45, 2.75) is 32.1 Å². The van der Waals surface area contributed by atoms with Crippen LogP contribution in [-0.2, 0) is 30.8 Å². The predicted molar refractivity (Wildman–Crippen MR) is 115 cm³/mol. The van der Waals surface area contributed by atoms with E-state index in [2.05, 4.69) is 48.3 Å². The van der Waals surface area contributed by atoms with Gasteiger partial charge in [0.05, 0.1) is 38.1 Å². The number of aliphatic hydroxyl groups excluding tert-OH is 1. The van der Waals surface area contributed by atoms with E-state index in [-0.39, 0.29) is 12.6 Å². The lowest BCUT2D eigenvalue weighted by Gasteiger charge is -2.30. The van der Waals surface area contributed by atoms with Crippen LogP contribution in [0.15, 0.2) is 24.9 Å². The number of nitrogens with zero attached hydrogens (tertiary/aromatic N) is 7. The standard InChI is InChI=1S/C8H11N3.C7H11N3.C6H13NO2/c1-11-3-2-7-4-9-6-10-8(7)5-11;1-9-4-5-10-3-2-8-7(10)6-9;1-7-2-3-9-5-6(7)4-8/h4,6H,2-3,5H2,1H3;2-3H,4-6H2,1H3;6,8H,2-5H2,1H3/t;;6-/m..1/s1. The molecule has 1 saturated heterocycles. The number of ether oxygens (including phenoxy) is 1. The van der Waals surface area contributed by atoms with Crippen LogP contribution in [0.4, 0.5) is 0 Å². The van der Waals surface area contributed by atoms with Crippen LogP contribution in [0.2, 0.25) is 0 Å². The predicted octanol–water partition coefficient (Wildman–Crippen LogP) is 0.102. The molecule has 1 fully saturated rings. The SMILES string of the molecule is CN1CCOC[C@H]1CO.CN1CCc2cncnc2C1.CN1CCn2ccnc2C1. The number of imidazole rings is 1. The Balaban J connectivity index is 0.000000129. The molecule has 166 valence electrons. The second-order valence-corrected chi connectivity index (χ2v) is 8.15. The van der Waals surface area contributed by atoms with Crippen LogP contribution in [0, 0.1) is 0 Å². The van der Waals surface area contributed by atoms with E-state index in [1.54, 1.807) is 6.33 Å². The van der Waals surface area contributed by atoms with Crippen LogP contribution in [0.5, 0.6) is 0 Å². The Morgan fingerprint density at radius 1 is 1.07 bits per heavy atom. The summed E-state index contributed by atoms with van der Waals surface area (Å²) in [4.78, 5) is 19.1. The second kappa shape index (κ2) is 11.5. The first-order valence-corrected chi connectivity index (χ1v) is 10.6. The van der Waals surface area contributed by atoms with Crippen molar-refractivity contribution in [3.05, 3.63) is 42.0 Å². The molecule has 9 heteroatoms. The first kappa shape index (κ1) is 22.8. The molecule has 3 aliphatic heterocycles. The molecule has 0 amide bonds. The average Bonchev–Trinajstić information content (AvgIpc) is 3.22. The van der Waals surface area contributed by atoms with Gasteiger partial charge in [0.25, 0.3) is 0 Å². The second-order valence-electron chi connectivity index (χ2n) is 8.15. The van der Waals surface area contributed by atoms with Crippen molar-refractivity contribution in [1.82, 2.24) is 34.2 Å². The highest BCUT2D eigenvalue weighted by Crippen LogP contribution is 2.12. The molecule has 5 heterocycles. The van der Waals surface area contributed by atoms with Crippen LogP contribution in [-0.4, -0.2) is 106 Å². The number of likely N-dealkylation sites (N-methyl/N-ethyl adjacent to an activating group) is 3. The summed E-state index contributed by atoms with van der Waals surface area (Å²) in [6.45, 7) is 7.93. The van der Waals surface area contributed by atoms with Crippen molar-refractivity contribution in [3.8, 4) is 0 Å². The number of aliphatic hydroxyl groups is 1. The third-order valence-corrected chi connectivity index (χ3v) is 5.73. The molecule has 9 nitrogen and oxygen atoms in total. The van der Waals surface area contributed by atoms with E-state index in [9.17, 15) is 0 Å². The van der Waals surface area contributed by atoms with Crippen LogP contribution in [0.1, 0.15) is 17.1 Å². The Bertz CT molecular complexity index is 769. The normalized spacial score (nSPS) is 22.1. The first-order chi connectivity index (χ1) is 14.6. The van der Waals surface area contributed by atoms with Gasteiger partial charge in [0, 0.05) is 51.3 Å². The van der Waals surface area contributed by atoms with Crippen LogP contribution in [0.3, 0.4) is 0 Å². The Kier molecular flexibility index (Phi) is 8.71. The summed E-state index contributed by atoms with van der Waals surface area (Å²) in [7, 11) is 6.24. The van der Waals surface area contributed by atoms with Crippen LogP contribution >= 0.6 is 0 Å². The fourth-order valence-electron chi connectivity index (χ4n) is 3.61. The minimum Gasteiger partial charge on any atom is -0.395 e. The fourth-order valence-corrected chi connectivity index (χ4v) is 3.61. The lowest BCUT2D eigenvalue weighted by Crippen LogP contribution is -2.44. The third-order valence-electron chi connectivity index (χ3n) is 5.73. The van der Waals surface area contributed by atoms with Crippen LogP contribution < -0.4 is 0 Å². The minimum atomic E-state index is 0.205. The summed E-state index contributed by atoms with van der Waals surface area (Å²) in [6.07, 6.45) is 8.55. The monoisotopic (exact) mass is 417 g/mol. The zero-order valence-electron chi connectivity index (χ0n) is 18.4. The van der Waals surface area contributed by atoms with E-state index in [1.165, 1.54) is 17.1 Å². The molecule has 2 aromatic rings. The number of morpholine rings is 1. The van der Waals surface area contributed by atoms with Crippen molar-refractivity contribution in [2.24, 2.45) is 0 Å². The largest absolute Gasteiger partial charge is 0.395 e. The Labute approximate surface area is 179 Å². The molecule has 0 radical (unpaired) electrons.